The molecule has 1 fully saturated rings. The highest BCUT2D eigenvalue weighted by Gasteiger charge is 2.19. The first-order valence-corrected chi connectivity index (χ1v) is 13.0. The molecule has 34 heavy (non-hydrogen) atoms. The van der Waals surface area contributed by atoms with Gasteiger partial charge < -0.3 is 19.9 Å². The number of rotatable bonds is 8. The second kappa shape index (κ2) is 9.44. The van der Waals surface area contributed by atoms with Crippen LogP contribution in [0.15, 0.2) is 65.7 Å². The van der Waals surface area contributed by atoms with Crippen LogP contribution in [0.5, 0.6) is 11.6 Å². The predicted molar refractivity (Wildman–Crippen MR) is 133 cm³/mol. The minimum atomic E-state index is -3.38. The Kier molecular flexibility index (Phi) is 6.21. The van der Waals surface area contributed by atoms with Crippen molar-refractivity contribution in [3.05, 3.63) is 66.5 Å². The van der Waals surface area contributed by atoms with E-state index in [0.29, 0.717) is 34.7 Å². The number of nitrogens with one attached hydrogen (secondary N) is 2. The summed E-state index contributed by atoms with van der Waals surface area (Å²) in [5, 5.41) is 4.15. The van der Waals surface area contributed by atoms with Crippen molar-refractivity contribution in [2.24, 2.45) is 0 Å². The van der Waals surface area contributed by atoms with Crippen LogP contribution in [0.4, 0.5) is 11.6 Å². The maximum atomic E-state index is 12.8. The van der Waals surface area contributed by atoms with Crippen LogP contribution in [0, 0.1) is 6.92 Å². The van der Waals surface area contributed by atoms with Gasteiger partial charge in [-0.15, -0.1) is 0 Å². The van der Waals surface area contributed by atoms with Crippen LogP contribution in [-0.2, 0) is 9.84 Å². The number of anilines is 2. The highest BCUT2D eigenvalue weighted by atomic mass is 32.2. The first-order valence-electron chi connectivity index (χ1n) is 11.4. The molecule has 0 saturated carbocycles. The molecule has 176 valence electrons. The van der Waals surface area contributed by atoms with Gasteiger partial charge in [0, 0.05) is 41.1 Å². The van der Waals surface area contributed by atoms with E-state index in [2.05, 4.69) is 31.2 Å². The number of sulfone groups is 1. The highest BCUT2D eigenvalue weighted by Crippen LogP contribution is 2.26. The fraction of sp³-hybridized carbons (Fsp3) is 0.280. The lowest BCUT2D eigenvalue weighted by molar-refractivity contribution is 0.359. The molecule has 0 unspecified atom stereocenters. The van der Waals surface area contributed by atoms with Gasteiger partial charge in [0.25, 0.3) is 0 Å². The molecule has 1 aliphatic heterocycles. The molecule has 4 aromatic rings. The van der Waals surface area contributed by atoms with Gasteiger partial charge in [0.15, 0.2) is 9.84 Å². The Bertz CT molecular complexity index is 1410. The van der Waals surface area contributed by atoms with Crippen LogP contribution in [0.2, 0.25) is 0 Å². The average Bonchev–Trinajstić information content (AvgIpc) is 3.47. The van der Waals surface area contributed by atoms with Gasteiger partial charge in [-0.3, -0.25) is 0 Å². The van der Waals surface area contributed by atoms with Gasteiger partial charge in [-0.2, -0.15) is 4.98 Å². The van der Waals surface area contributed by atoms with Crippen molar-refractivity contribution in [2.75, 3.05) is 30.7 Å². The topological polar surface area (TPSA) is 100 Å². The first kappa shape index (κ1) is 22.4. The fourth-order valence-corrected chi connectivity index (χ4v) is 5.50. The molecular formula is C25H27N5O3S. The smallest absolute Gasteiger partial charge is 0.230 e. The van der Waals surface area contributed by atoms with Crippen molar-refractivity contribution in [1.29, 1.82) is 0 Å². The van der Waals surface area contributed by atoms with E-state index in [1.165, 1.54) is 0 Å². The molecule has 0 radical (unpaired) electrons. The maximum Gasteiger partial charge on any atom is 0.230 e. The van der Waals surface area contributed by atoms with Gasteiger partial charge in [0.2, 0.25) is 11.8 Å². The third-order valence-electron chi connectivity index (χ3n) is 5.90. The minimum Gasteiger partial charge on any atom is -0.439 e. The van der Waals surface area contributed by atoms with E-state index in [0.717, 1.165) is 42.5 Å². The third kappa shape index (κ3) is 5.21. The molecule has 0 bridgehead atoms. The van der Waals surface area contributed by atoms with Gasteiger partial charge in [0.05, 0.1) is 10.6 Å². The lowest BCUT2D eigenvalue weighted by Gasteiger charge is -2.14. The molecular weight excluding hydrogens is 450 g/mol. The zero-order valence-electron chi connectivity index (χ0n) is 19.0. The summed E-state index contributed by atoms with van der Waals surface area (Å²) in [4.78, 5) is 14.4. The summed E-state index contributed by atoms with van der Waals surface area (Å²) >= 11 is 0. The Labute approximate surface area is 198 Å². The quantitative estimate of drug-likeness (QED) is 0.380. The summed E-state index contributed by atoms with van der Waals surface area (Å²) in [6, 6.07) is 16.3. The number of fused-ring (bicyclic) bond motifs is 1. The van der Waals surface area contributed by atoms with Gasteiger partial charge in [-0.05, 0) is 75.3 Å². The Morgan fingerprint density at radius 3 is 2.79 bits per heavy atom. The van der Waals surface area contributed by atoms with E-state index >= 15 is 0 Å². The molecule has 1 aliphatic rings. The molecule has 1 saturated heterocycles. The minimum absolute atomic E-state index is 0.112. The molecule has 0 amide bonds. The van der Waals surface area contributed by atoms with E-state index in [4.69, 9.17) is 4.74 Å². The molecule has 2 N–H and O–H groups in total. The van der Waals surface area contributed by atoms with E-state index in [-0.39, 0.29) is 5.75 Å². The van der Waals surface area contributed by atoms with Crippen LogP contribution in [0.3, 0.4) is 0 Å². The van der Waals surface area contributed by atoms with Crippen molar-refractivity contribution in [1.82, 2.24) is 19.9 Å². The Morgan fingerprint density at radius 1 is 1.09 bits per heavy atom. The lowest BCUT2D eigenvalue weighted by Crippen LogP contribution is -2.26. The monoisotopic (exact) mass is 477 g/mol. The summed E-state index contributed by atoms with van der Waals surface area (Å²) < 4.78 is 31.6. The standard InChI is InChI=1S/C25H27N5O3S/c1-18-15-19-16-21(7-8-23(19)27-18)33-24-9-10-26-25(29-24)28-20-5-4-6-22(17-20)34(31,32)14-13-30-11-2-3-12-30/h4-10,15-17,27H,2-3,11-14H2,1H3,(H,26,28,29). The number of aryl methyl sites for hydroxylation is 1. The summed E-state index contributed by atoms with van der Waals surface area (Å²) in [5.74, 6) is 1.49. The second-order valence-electron chi connectivity index (χ2n) is 8.54. The third-order valence-corrected chi connectivity index (χ3v) is 7.60. The molecule has 2 aromatic heterocycles. The number of hydrogen-bond donors (Lipinski definition) is 2. The second-order valence-corrected chi connectivity index (χ2v) is 10.7. The number of hydrogen-bond acceptors (Lipinski definition) is 7. The van der Waals surface area contributed by atoms with Crippen molar-refractivity contribution in [3.8, 4) is 11.6 Å². The van der Waals surface area contributed by atoms with E-state index in [9.17, 15) is 8.42 Å². The molecule has 2 aromatic carbocycles. The Balaban J connectivity index is 1.28. The molecule has 0 atom stereocenters. The molecule has 0 aliphatic carbocycles. The molecule has 9 heteroatoms. The van der Waals surface area contributed by atoms with E-state index in [1.54, 1.807) is 36.5 Å². The summed E-state index contributed by atoms with van der Waals surface area (Å²) in [6.07, 6.45) is 3.88. The summed E-state index contributed by atoms with van der Waals surface area (Å²) in [5.41, 5.74) is 2.73. The van der Waals surface area contributed by atoms with E-state index in [1.807, 2.05) is 25.1 Å². The SMILES string of the molecule is Cc1cc2cc(Oc3ccnc(Nc4cccc(S(=O)(=O)CCN5CCCC5)c4)n3)ccc2[nH]1. The maximum absolute atomic E-state index is 12.8. The molecule has 3 heterocycles. The number of H-pyrrole nitrogens is 1. The number of nitrogens with zero attached hydrogens (tertiary/aromatic N) is 3. The van der Waals surface area contributed by atoms with Crippen LogP contribution >= 0.6 is 0 Å². The largest absolute Gasteiger partial charge is 0.439 e. The Morgan fingerprint density at radius 2 is 1.94 bits per heavy atom. The zero-order chi connectivity index (χ0) is 23.5. The van der Waals surface area contributed by atoms with Crippen molar-refractivity contribution < 1.29 is 13.2 Å². The van der Waals surface area contributed by atoms with Gasteiger partial charge in [-0.25, -0.2) is 13.4 Å². The van der Waals surface area contributed by atoms with Crippen LogP contribution in [0.1, 0.15) is 18.5 Å². The number of ether oxygens (including phenoxy) is 1. The van der Waals surface area contributed by atoms with E-state index < -0.39 is 9.84 Å². The normalized spacial score (nSPS) is 14.5. The molecule has 5 rings (SSSR count). The van der Waals surface area contributed by atoms with Crippen LogP contribution in [-0.4, -0.2) is 53.7 Å². The molecule has 8 nitrogen and oxygen atoms in total. The fourth-order valence-electron chi connectivity index (χ4n) is 4.17. The Hall–Kier alpha value is -3.43. The van der Waals surface area contributed by atoms with Crippen molar-refractivity contribution in [2.45, 2.75) is 24.7 Å². The first-order chi connectivity index (χ1) is 16.4. The number of aromatic nitrogens is 3. The number of aromatic amines is 1. The lowest BCUT2D eigenvalue weighted by atomic mass is 10.2. The van der Waals surface area contributed by atoms with Crippen LogP contribution in [0.25, 0.3) is 10.9 Å². The van der Waals surface area contributed by atoms with Crippen molar-refractivity contribution >= 4 is 32.4 Å². The predicted octanol–water partition coefficient (Wildman–Crippen LogP) is 4.67. The van der Waals surface area contributed by atoms with Crippen molar-refractivity contribution in [3.63, 3.8) is 0 Å². The number of likely N-dealkylation sites (tertiary alicyclic amines) is 1. The summed E-state index contributed by atoms with van der Waals surface area (Å²) in [6.45, 7) is 4.53. The highest BCUT2D eigenvalue weighted by molar-refractivity contribution is 7.91. The average molecular weight is 478 g/mol. The zero-order valence-corrected chi connectivity index (χ0v) is 19.8. The number of benzene rings is 2. The molecule has 0 spiro atoms. The van der Waals surface area contributed by atoms with Gasteiger partial charge in [0.1, 0.15) is 5.75 Å². The van der Waals surface area contributed by atoms with Gasteiger partial charge >= 0.3 is 0 Å². The van der Waals surface area contributed by atoms with Crippen LogP contribution < -0.4 is 10.1 Å². The summed E-state index contributed by atoms with van der Waals surface area (Å²) in [7, 11) is -3.38. The van der Waals surface area contributed by atoms with Gasteiger partial charge in [-0.1, -0.05) is 6.07 Å².